The van der Waals surface area contributed by atoms with Gasteiger partial charge in [0.2, 0.25) is 0 Å². The SMILES string of the molecule is CC(O)[C@H]1CC[C@@]2(N)C3CCC4CC(O[C@@H]5O[C@H](C)[C@H](O)[C@H](O)[C@H]5O)CC[C@]4(C)C3CC[C@]12C. The van der Waals surface area contributed by atoms with E-state index in [4.69, 9.17) is 15.2 Å². The molecule has 196 valence electrons. The van der Waals surface area contributed by atoms with Crippen molar-refractivity contribution in [2.24, 2.45) is 40.2 Å². The van der Waals surface area contributed by atoms with E-state index in [1.165, 1.54) is 6.42 Å². The minimum Gasteiger partial charge on any atom is -0.393 e. The lowest BCUT2D eigenvalue weighted by atomic mass is 9.42. The summed E-state index contributed by atoms with van der Waals surface area (Å²) in [6, 6.07) is 0. The highest BCUT2D eigenvalue weighted by Crippen LogP contribution is 2.68. The number of aliphatic hydroxyl groups excluding tert-OH is 4. The first-order valence-corrected chi connectivity index (χ1v) is 13.7. The van der Waals surface area contributed by atoms with Gasteiger partial charge in [0.05, 0.1) is 18.3 Å². The standard InChI is InChI=1S/C27H47NO6/c1-14(29)18-9-12-27(28)20-6-5-16-13-17(34-24-23(32)22(31)21(30)15(2)33-24)7-10-25(16,3)19(20)8-11-26(18,27)4/h14-24,29-32H,5-13,28H2,1-4H3/t14?,15-,16?,17?,18-,19?,20?,21+,22+,23-,24+,25+,26-,27-/m1/s1. The van der Waals surface area contributed by atoms with Gasteiger partial charge in [-0.15, -0.1) is 0 Å². The van der Waals surface area contributed by atoms with Crippen LogP contribution in [0.2, 0.25) is 0 Å². The summed E-state index contributed by atoms with van der Waals surface area (Å²) >= 11 is 0. The third kappa shape index (κ3) is 3.56. The molecule has 0 radical (unpaired) electrons. The molecule has 0 spiro atoms. The van der Waals surface area contributed by atoms with E-state index >= 15 is 0 Å². The Hall–Kier alpha value is -0.280. The first kappa shape index (κ1) is 25.4. The van der Waals surface area contributed by atoms with Crippen LogP contribution in [0.3, 0.4) is 0 Å². The zero-order valence-electron chi connectivity index (χ0n) is 21.4. The molecule has 5 fully saturated rings. The Labute approximate surface area is 204 Å². The Morgan fingerprint density at radius 1 is 0.912 bits per heavy atom. The molecule has 34 heavy (non-hydrogen) atoms. The van der Waals surface area contributed by atoms with Gasteiger partial charge in [-0.2, -0.15) is 0 Å². The molecule has 1 heterocycles. The molecule has 5 aliphatic rings. The van der Waals surface area contributed by atoms with E-state index in [9.17, 15) is 20.4 Å². The van der Waals surface area contributed by atoms with Gasteiger partial charge < -0.3 is 35.6 Å². The number of fused-ring (bicyclic) bond motifs is 5. The third-order valence-corrected chi connectivity index (χ3v) is 11.7. The van der Waals surface area contributed by atoms with Gasteiger partial charge in [0, 0.05) is 5.54 Å². The number of ether oxygens (including phenoxy) is 2. The summed E-state index contributed by atoms with van der Waals surface area (Å²) in [4.78, 5) is 0. The van der Waals surface area contributed by atoms with Crippen LogP contribution in [-0.2, 0) is 9.47 Å². The molecule has 0 amide bonds. The Morgan fingerprint density at radius 2 is 1.65 bits per heavy atom. The van der Waals surface area contributed by atoms with E-state index < -0.39 is 30.7 Å². The van der Waals surface area contributed by atoms with Crippen molar-refractivity contribution < 1.29 is 29.9 Å². The van der Waals surface area contributed by atoms with Gasteiger partial charge in [-0.25, -0.2) is 0 Å². The second-order valence-electron chi connectivity index (χ2n) is 13.1. The van der Waals surface area contributed by atoms with Crippen LogP contribution in [0.25, 0.3) is 0 Å². The predicted octanol–water partition coefficient (Wildman–Crippen LogP) is 2.32. The molecule has 1 aliphatic heterocycles. The fourth-order valence-electron chi connectivity index (χ4n) is 9.54. The van der Waals surface area contributed by atoms with Crippen molar-refractivity contribution in [2.45, 2.75) is 134 Å². The molecule has 5 rings (SSSR count). The number of hydrogen-bond acceptors (Lipinski definition) is 7. The first-order chi connectivity index (χ1) is 15.9. The summed E-state index contributed by atoms with van der Waals surface area (Å²) in [5, 5.41) is 41.0. The molecule has 7 heteroatoms. The number of hydrogen-bond donors (Lipinski definition) is 5. The van der Waals surface area contributed by atoms with Gasteiger partial charge in [0.15, 0.2) is 6.29 Å². The fraction of sp³-hybridized carbons (Fsp3) is 1.00. The molecule has 4 saturated carbocycles. The maximum absolute atomic E-state index is 10.5. The van der Waals surface area contributed by atoms with E-state index in [1.54, 1.807) is 6.92 Å². The average Bonchev–Trinajstić information content (AvgIpc) is 3.07. The quantitative estimate of drug-likeness (QED) is 0.392. The summed E-state index contributed by atoms with van der Waals surface area (Å²) in [6.45, 7) is 8.47. The molecular weight excluding hydrogens is 434 g/mol. The molecule has 4 aliphatic carbocycles. The predicted molar refractivity (Wildman–Crippen MR) is 128 cm³/mol. The molecule has 0 aromatic rings. The van der Waals surface area contributed by atoms with Crippen LogP contribution in [0.4, 0.5) is 0 Å². The maximum Gasteiger partial charge on any atom is 0.186 e. The molecule has 14 atom stereocenters. The van der Waals surface area contributed by atoms with Crippen LogP contribution in [0.5, 0.6) is 0 Å². The van der Waals surface area contributed by atoms with Crippen LogP contribution in [0.1, 0.15) is 85.5 Å². The van der Waals surface area contributed by atoms with Gasteiger partial charge in [-0.05, 0) is 106 Å². The Kier molecular flexibility index (Phi) is 6.45. The van der Waals surface area contributed by atoms with Crippen LogP contribution in [-0.4, -0.2) is 68.9 Å². The molecule has 5 unspecified atom stereocenters. The monoisotopic (exact) mass is 481 g/mol. The average molecular weight is 482 g/mol. The van der Waals surface area contributed by atoms with Crippen molar-refractivity contribution in [2.75, 3.05) is 0 Å². The van der Waals surface area contributed by atoms with E-state index in [0.29, 0.717) is 23.7 Å². The van der Waals surface area contributed by atoms with Crippen molar-refractivity contribution in [1.82, 2.24) is 0 Å². The molecule has 0 bridgehead atoms. The second kappa shape index (κ2) is 8.64. The Balaban J connectivity index is 1.29. The van der Waals surface area contributed by atoms with Gasteiger partial charge in [0.25, 0.3) is 0 Å². The number of aliphatic hydroxyl groups is 4. The zero-order valence-corrected chi connectivity index (χ0v) is 21.4. The third-order valence-electron chi connectivity index (χ3n) is 11.7. The zero-order chi connectivity index (χ0) is 24.6. The first-order valence-electron chi connectivity index (χ1n) is 13.7. The van der Waals surface area contributed by atoms with Crippen LogP contribution in [0, 0.1) is 34.5 Å². The lowest BCUT2D eigenvalue weighted by molar-refractivity contribution is -0.309. The van der Waals surface area contributed by atoms with Crippen LogP contribution in [0.15, 0.2) is 0 Å². The minimum atomic E-state index is -1.26. The Morgan fingerprint density at radius 3 is 2.35 bits per heavy atom. The molecule has 0 aromatic carbocycles. The van der Waals surface area contributed by atoms with Gasteiger partial charge in [0.1, 0.15) is 18.3 Å². The van der Waals surface area contributed by atoms with Crippen molar-refractivity contribution in [3.63, 3.8) is 0 Å². The van der Waals surface area contributed by atoms with E-state index in [-0.39, 0.29) is 28.6 Å². The minimum absolute atomic E-state index is 0.0163. The largest absolute Gasteiger partial charge is 0.393 e. The molecule has 1 saturated heterocycles. The van der Waals surface area contributed by atoms with E-state index in [0.717, 1.165) is 51.4 Å². The fourth-order valence-corrected chi connectivity index (χ4v) is 9.54. The van der Waals surface area contributed by atoms with E-state index in [2.05, 4.69) is 13.8 Å². The lowest BCUT2D eigenvalue weighted by Crippen LogP contribution is -2.67. The topological polar surface area (TPSA) is 125 Å². The van der Waals surface area contributed by atoms with E-state index in [1.807, 2.05) is 6.92 Å². The number of nitrogens with two attached hydrogens (primary N) is 1. The molecule has 6 N–H and O–H groups in total. The highest BCUT2D eigenvalue weighted by Gasteiger charge is 2.66. The molecular formula is C27H47NO6. The second-order valence-corrected chi connectivity index (χ2v) is 13.1. The highest BCUT2D eigenvalue weighted by atomic mass is 16.7. The van der Waals surface area contributed by atoms with Crippen molar-refractivity contribution in [3.05, 3.63) is 0 Å². The Bertz CT molecular complexity index is 765. The van der Waals surface area contributed by atoms with Gasteiger partial charge >= 0.3 is 0 Å². The van der Waals surface area contributed by atoms with Crippen LogP contribution >= 0.6 is 0 Å². The lowest BCUT2D eigenvalue weighted by Gasteiger charge is -2.64. The summed E-state index contributed by atoms with van der Waals surface area (Å²) in [6.07, 6.45) is 4.12. The normalized spacial score (nSPS) is 58.5. The van der Waals surface area contributed by atoms with Crippen molar-refractivity contribution in [3.8, 4) is 0 Å². The molecule has 7 nitrogen and oxygen atoms in total. The summed E-state index contributed by atoms with van der Waals surface area (Å²) in [5.41, 5.74) is 7.40. The van der Waals surface area contributed by atoms with Crippen LogP contribution < -0.4 is 5.73 Å². The smallest absolute Gasteiger partial charge is 0.186 e. The van der Waals surface area contributed by atoms with Gasteiger partial charge in [-0.1, -0.05) is 13.8 Å². The summed E-state index contributed by atoms with van der Waals surface area (Å²) < 4.78 is 11.9. The maximum atomic E-state index is 10.5. The number of rotatable bonds is 3. The van der Waals surface area contributed by atoms with Crippen molar-refractivity contribution >= 4 is 0 Å². The highest BCUT2D eigenvalue weighted by molar-refractivity contribution is 5.19. The van der Waals surface area contributed by atoms with Crippen molar-refractivity contribution in [1.29, 1.82) is 0 Å². The van der Waals surface area contributed by atoms with Gasteiger partial charge in [-0.3, -0.25) is 0 Å². The summed E-state index contributed by atoms with van der Waals surface area (Å²) in [7, 11) is 0. The summed E-state index contributed by atoms with van der Waals surface area (Å²) in [5.74, 6) is 1.95. The molecule has 0 aromatic heterocycles.